The van der Waals surface area contributed by atoms with Crippen molar-refractivity contribution in [1.82, 2.24) is 20.5 Å². The molecule has 0 radical (unpaired) electrons. The molecule has 0 spiro atoms. The highest BCUT2D eigenvalue weighted by atomic mass is 32.2. The van der Waals surface area contributed by atoms with Crippen LogP contribution in [0, 0.1) is 6.92 Å². The van der Waals surface area contributed by atoms with Crippen LogP contribution in [0.5, 0.6) is 0 Å². The molecule has 1 fully saturated rings. The third-order valence-corrected chi connectivity index (χ3v) is 3.51. The van der Waals surface area contributed by atoms with E-state index < -0.39 is 0 Å². The fourth-order valence-corrected chi connectivity index (χ4v) is 2.62. The summed E-state index contributed by atoms with van der Waals surface area (Å²) >= 11 is 1.88. The molecule has 1 unspecified atom stereocenters. The van der Waals surface area contributed by atoms with E-state index in [4.69, 9.17) is 0 Å². The van der Waals surface area contributed by atoms with Gasteiger partial charge in [0.25, 0.3) is 5.91 Å². The minimum atomic E-state index is -0.174. The molecule has 1 amide bonds. The van der Waals surface area contributed by atoms with Gasteiger partial charge in [-0.25, -0.2) is 4.98 Å². The second-order valence-corrected chi connectivity index (χ2v) is 4.78. The molecule has 2 N–H and O–H groups in total. The maximum atomic E-state index is 11.7. The van der Waals surface area contributed by atoms with Gasteiger partial charge in [-0.15, -0.1) is 5.10 Å². The Labute approximate surface area is 92.4 Å². The van der Waals surface area contributed by atoms with Gasteiger partial charge in [-0.3, -0.25) is 9.89 Å². The molecule has 1 aromatic heterocycles. The van der Waals surface area contributed by atoms with Crippen molar-refractivity contribution < 1.29 is 4.79 Å². The number of aromatic amines is 1. The second kappa shape index (κ2) is 4.65. The third-order valence-electron chi connectivity index (χ3n) is 2.30. The summed E-state index contributed by atoms with van der Waals surface area (Å²) in [7, 11) is 0. The molecule has 0 aromatic carbocycles. The van der Waals surface area contributed by atoms with E-state index in [1.54, 1.807) is 6.92 Å². The maximum Gasteiger partial charge on any atom is 0.291 e. The molecule has 1 aliphatic rings. The molecule has 0 bridgehead atoms. The number of hydrogen-bond donors (Lipinski definition) is 2. The van der Waals surface area contributed by atoms with E-state index in [9.17, 15) is 4.79 Å². The lowest BCUT2D eigenvalue weighted by molar-refractivity contribution is 0.0928. The highest BCUT2D eigenvalue weighted by molar-refractivity contribution is 7.99. The Morgan fingerprint density at radius 3 is 3.13 bits per heavy atom. The van der Waals surface area contributed by atoms with Crippen LogP contribution in [-0.4, -0.2) is 38.6 Å². The van der Waals surface area contributed by atoms with Crippen molar-refractivity contribution in [3.05, 3.63) is 11.6 Å². The maximum absolute atomic E-state index is 11.7. The minimum absolute atomic E-state index is 0.174. The van der Waals surface area contributed by atoms with Gasteiger partial charge in [-0.1, -0.05) is 0 Å². The monoisotopic (exact) mass is 226 g/mol. The van der Waals surface area contributed by atoms with Crippen LogP contribution in [0.25, 0.3) is 0 Å². The number of thioether (sulfide) groups is 1. The highest BCUT2D eigenvalue weighted by Crippen LogP contribution is 2.16. The molecule has 1 aromatic rings. The number of rotatable bonds is 2. The van der Waals surface area contributed by atoms with Crippen LogP contribution in [0.3, 0.4) is 0 Å². The summed E-state index contributed by atoms with van der Waals surface area (Å²) in [6, 6.07) is 0.273. The number of aryl methyl sites for hydroxylation is 1. The zero-order valence-corrected chi connectivity index (χ0v) is 9.43. The first-order chi connectivity index (χ1) is 7.25. The first-order valence-corrected chi connectivity index (χ1v) is 6.19. The van der Waals surface area contributed by atoms with Crippen molar-refractivity contribution in [2.75, 3.05) is 11.5 Å². The van der Waals surface area contributed by atoms with Crippen LogP contribution in [0.2, 0.25) is 0 Å². The number of nitrogens with one attached hydrogen (secondary N) is 2. The summed E-state index contributed by atoms with van der Waals surface area (Å²) in [5.41, 5.74) is 0. The fourth-order valence-electron chi connectivity index (χ4n) is 1.55. The molecular formula is C9H14N4OS. The average Bonchev–Trinajstić information content (AvgIpc) is 2.66. The average molecular weight is 226 g/mol. The van der Waals surface area contributed by atoms with Crippen molar-refractivity contribution in [3.63, 3.8) is 0 Å². The summed E-state index contributed by atoms with van der Waals surface area (Å²) in [6.07, 6.45) is 2.23. The van der Waals surface area contributed by atoms with Crippen molar-refractivity contribution in [2.24, 2.45) is 0 Å². The standard InChI is InChI=1S/C9H14N4OS/c1-6-10-8(13-12-6)9(14)11-7-3-2-4-15-5-7/h7H,2-5H2,1H3,(H,11,14)(H,10,12,13). The molecule has 2 heterocycles. The zero-order valence-electron chi connectivity index (χ0n) is 8.62. The normalized spacial score (nSPS) is 21.3. The van der Waals surface area contributed by atoms with E-state index in [2.05, 4.69) is 20.5 Å². The van der Waals surface area contributed by atoms with Gasteiger partial charge in [-0.2, -0.15) is 11.8 Å². The molecule has 1 atom stereocenters. The van der Waals surface area contributed by atoms with Crippen molar-refractivity contribution in [3.8, 4) is 0 Å². The summed E-state index contributed by atoms with van der Waals surface area (Å²) in [4.78, 5) is 15.7. The third kappa shape index (κ3) is 2.71. The Bertz CT molecular complexity index is 346. The first kappa shape index (κ1) is 10.5. The van der Waals surface area contributed by atoms with Crippen LogP contribution in [0.15, 0.2) is 0 Å². The summed E-state index contributed by atoms with van der Waals surface area (Å²) < 4.78 is 0. The van der Waals surface area contributed by atoms with E-state index in [0.717, 1.165) is 12.2 Å². The molecule has 0 aliphatic carbocycles. The zero-order chi connectivity index (χ0) is 10.7. The highest BCUT2D eigenvalue weighted by Gasteiger charge is 2.18. The molecule has 82 valence electrons. The Kier molecular flexibility index (Phi) is 3.25. The number of carbonyl (C=O) groups excluding carboxylic acids is 1. The summed E-state index contributed by atoms with van der Waals surface area (Å²) in [6.45, 7) is 1.78. The lowest BCUT2D eigenvalue weighted by atomic mass is 10.2. The Morgan fingerprint density at radius 1 is 1.67 bits per heavy atom. The number of amides is 1. The number of nitrogens with zero attached hydrogens (tertiary/aromatic N) is 2. The SMILES string of the molecule is Cc1nc(C(=O)NC2CCCSC2)n[nH]1. The van der Waals surface area contributed by atoms with Gasteiger partial charge in [0.1, 0.15) is 5.82 Å². The van der Waals surface area contributed by atoms with Gasteiger partial charge in [0.15, 0.2) is 0 Å². The summed E-state index contributed by atoms with van der Waals surface area (Å²) in [5.74, 6) is 2.93. The number of carbonyl (C=O) groups is 1. The van der Waals surface area contributed by atoms with Gasteiger partial charge in [0.05, 0.1) is 0 Å². The Hall–Kier alpha value is -1.04. The van der Waals surface area contributed by atoms with Gasteiger partial charge >= 0.3 is 0 Å². The quantitative estimate of drug-likeness (QED) is 0.780. The van der Waals surface area contributed by atoms with Gasteiger partial charge in [0, 0.05) is 11.8 Å². The molecule has 0 saturated carbocycles. The predicted molar refractivity (Wildman–Crippen MR) is 58.9 cm³/mol. The molecule has 1 aliphatic heterocycles. The van der Waals surface area contributed by atoms with Crippen molar-refractivity contribution in [1.29, 1.82) is 0 Å². The van der Waals surface area contributed by atoms with E-state index >= 15 is 0 Å². The van der Waals surface area contributed by atoms with Crippen LogP contribution in [0.4, 0.5) is 0 Å². The molecule has 15 heavy (non-hydrogen) atoms. The first-order valence-electron chi connectivity index (χ1n) is 5.03. The predicted octanol–water partition coefficient (Wildman–Crippen LogP) is 0.739. The largest absolute Gasteiger partial charge is 0.346 e. The summed E-state index contributed by atoms with van der Waals surface area (Å²) in [5, 5.41) is 9.43. The second-order valence-electron chi connectivity index (χ2n) is 3.63. The fraction of sp³-hybridized carbons (Fsp3) is 0.667. The van der Waals surface area contributed by atoms with Crippen LogP contribution in [0.1, 0.15) is 29.3 Å². The van der Waals surface area contributed by atoms with Gasteiger partial charge in [-0.05, 0) is 25.5 Å². The lowest BCUT2D eigenvalue weighted by Crippen LogP contribution is -2.38. The Morgan fingerprint density at radius 2 is 2.53 bits per heavy atom. The van der Waals surface area contributed by atoms with Crippen LogP contribution < -0.4 is 5.32 Å². The van der Waals surface area contributed by atoms with Gasteiger partial charge < -0.3 is 5.32 Å². The molecule has 5 nitrogen and oxygen atoms in total. The number of H-pyrrole nitrogens is 1. The van der Waals surface area contributed by atoms with Crippen LogP contribution in [-0.2, 0) is 0 Å². The Balaban J connectivity index is 1.91. The molecule has 1 saturated heterocycles. The smallest absolute Gasteiger partial charge is 0.291 e. The van der Waals surface area contributed by atoms with Gasteiger partial charge in [0.2, 0.25) is 5.82 Å². The lowest BCUT2D eigenvalue weighted by Gasteiger charge is -2.21. The molecule has 6 heteroatoms. The number of hydrogen-bond acceptors (Lipinski definition) is 4. The van der Waals surface area contributed by atoms with Crippen molar-refractivity contribution in [2.45, 2.75) is 25.8 Å². The number of aromatic nitrogens is 3. The molecule has 2 rings (SSSR count). The molecular weight excluding hydrogens is 212 g/mol. The van der Waals surface area contributed by atoms with Crippen molar-refractivity contribution >= 4 is 17.7 Å². The minimum Gasteiger partial charge on any atom is -0.346 e. The van der Waals surface area contributed by atoms with Crippen LogP contribution >= 0.6 is 11.8 Å². The van der Waals surface area contributed by atoms with E-state index in [1.165, 1.54) is 12.2 Å². The van der Waals surface area contributed by atoms with E-state index in [0.29, 0.717) is 5.82 Å². The van der Waals surface area contributed by atoms with E-state index in [-0.39, 0.29) is 17.8 Å². The van der Waals surface area contributed by atoms with E-state index in [1.807, 2.05) is 11.8 Å². The topological polar surface area (TPSA) is 70.7 Å².